The minimum absolute atomic E-state index is 0.801. The van der Waals surface area contributed by atoms with Gasteiger partial charge in [0.25, 0.3) is 0 Å². The van der Waals surface area contributed by atoms with Gasteiger partial charge in [-0.05, 0) is 51.6 Å². The molecule has 17 heavy (non-hydrogen) atoms. The van der Waals surface area contributed by atoms with Gasteiger partial charge in [0.2, 0.25) is 0 Å². The summed E-state index contributed by atoms with van der Waals surface area (Å²) < 4.78 is 0. The summed E-state index contributed by atoms with van der Waals surface area (Å²) in [6.45, 7) is 7.07. The van der Waals surface area contributed by atoms with Crippen molar-refractivity contribution in [3.63, 3.8) is 0 Å². The van der Waals surface area contributed by atoms with Crippen molar-refractivity contribution in [3.8, 4) is 0 Å². The van der Waals surface area contributed by atoms with E-state index in [0.717, 1.165) is 18.1 Å². The van der Waals surface area contributed by atoms with Gasteiger partial charge in [-0.25, -0.2) is 0 Å². The van der Waals surface area contributed by atoms with E-state index < -0.39 is 0 Å². The van der Waals surface area contributed by atoms with Crippen LogP contribution in [0.15, 0.2) is 0 Å². The summed E-state index contributed by atoms with van der Waals surface area (Å²) >= 11 is 0. The largest absolute Gasteiger partial charge is 0.314 e. The average molecular weight is 238 g/mol. The van der Waals surface area contributed by atoms with Crippen LogP contribution in [0, 0.1) is 0 Å². The van der Waals surface area contributed by atoms with Gasteiger partial charge in [0.15, 0.2) is 0 Å². The molecular formula is C15H30N2. The molecule has 2 atom stereocenters. The van der Waals surface area contributed by atoms with Crippen molar-refractivity contribution in [2.45, 2.75) is 83.3 Å². The first-order valence-corrected chi connectivity index (χ1v) is 7.84. The van der Waals surface area contributed by atoms with Crippen LogP contribution in [-0.4, -0.2) is 36.1 Å². The summed E-state index contributed by atoms with van der Waals surface area (Å²) in [7, 11) is 0. The number of nitrogens with zero attached hydrogens (tertiary/aromatic N) is 1. The van der Waals surface area contributed by atoms with Gasteiger partial charge in [0, 0.05) is 18.1 Å². The van der Waals surface area contributed by atoms with E-state index in [2.05, 4.69) is 24.1 Å². The summed E-state index contributed by atoms with van der Waals surface area (Å²) in [5.41, 5.74) is 0. The molecule has 0 radical (unpaired) electrons. The van der Waals surface area contributed by atoms with Gasteiger partial charge in [-0.15, -0.1) is 0 Å². The Morgan fingerprint density at radius 3 is 2.41 bits per heavy atom. The third-order valence-corrected chi connectivity index (χ3v) is 4.72. The quantitative estimate of drug-likeness (QED) is 0.764. The SMILES string of the molecule is CCCNC1CCC(N(CC)C2CCCC2)C1. The van der Waals surface area contributed by atoms with Crippen molar-refractivity contribution in [2.24, 2.45) is 0 Å². The molecule has 2 saturated carbocycles. The molecule has 0 spiro atoms. The van der Waals surface area contributed by atoms with Crippen LogP contribution in [0.2, 0.25) is 0 Å². The average Bonchev–Trinajstić information content (AvgIpc) is 2.99. The van der Waals surface area contributed by atoms with E-state index in [0.29, 0.717) is 0 Å². The Morgan fingerprint density at radius 1 is 1.00 bits per heavy atom. The van der Waals surface area contributed by atoms with Gasteiger partial charge in [-0.3, -0.25) is 4.90 Å². The first-order chi connectivity index (χ1) is 8.35. The second-order valence-corrected chi connectivity index (χ2v) is 5.89. The molecule has 0 aromatic rings. The molecule has 1 N–H and O–H groups in total. The van der Waals surface area contributed by atoms with E-state index in [9.17, 15) is 0 Å². The molecule has 2 aliphatic rings. The highest BCUT2D eigenvalue weighted by molar-refractivity contribution is 4.90. The molecule has 2 rings (SSSR count). The van der Waals surface area contributed by atoms with Crippen LogP contribution < -0.4 is 5.32 Å². The molecule has 2 fully saturated rings. The predicted molar refractivity (Wildman–Crippen MR) is 74.4 cm³/mol. The Kier molecular flexibility index (Phi) is 5.30. The first kappa shape index (κ1) is 13.4. The molecule has 0 aliphatic heterocycles. The zero-order valence-electron chi connectivity index (χ0n) is 11.8. The van der Waals surface area contributed by atoms with Crippen LogP contribution in [0.3, 0.4) is 0 Å². The summed E-state index contributed by atoms with van der Waals surface area (Å²) in [4.78, 5) is 2.82. The Morgan fingerprint density at radius 2 is 1.76 bits per heavy atom. The monoisotopic (exact) mass is 238 g/mol. The smallest absolute Gasteiger partial charge is 0.0113 e. The van der Waals surface area contributed by atoms with E-state index in [4.69, 9.17) is 0 Å². The highest BCUT2D eigenvalue weighted by Crippen LogP contribution is 2.31. The van der Waals surface area contributed by atoms with Gasteiger partial charge in [-0.2, -0.15) is 0 Å². The molecule has 2 nitrogen and oxygen atoms in total. The number of nitrogens with one attached hydrogen (secondary N) is 1. The van der Waals surface area contributed by atoms with Gasteiger partial charge in [0.05, 0.1) is 0 Å². The van der Waals surface area contributed by atoms with Crippen molar-refractivity contribution >= 4 is 0 Å². The van der Waals surface area contributed by atoms with Gasteiger partial charge < -0.3 is 5.32 Å². The van der Waals surface area contributed by atoms with Gasteiger partial charge in [-0.1, -0.05) is 26.7 Å². The topological polar surface area (TPSA) is 15.3 Å². The lowest BCUT2D eigenvalue weighted by atomic mass is 10.1. The van der Waals surface area contributed by atoms with Crippen LogP contribution in [0.5, 0.6) is 0 Å². The molecule has 0 heterocycles. The lowest BCUT2D eigenvalue weighted by molar-refractivity contribution is 0.143. The van der Waals surface area contributed by atoms with Crippen LogP contribution in [0.25, 0.3) is 0 Å². The summed E-state index contributed by atoms with van der Waals surface area (Å²) in [6.07, 6.45) is 11.3. The van der Waals surface area contributed by atoms with Crippen molar-refractivity contribution < 1.29 is 0 Å². The summed E-state index contributed by atoms with van der Waals surface area (Å²) in [6, 6.07) is 2.59. The summed E-state index contributed by atoms with van der Waals surface area (Å²) in [5, 5.41) is 3.70. The van der Waals surface area contributed by atoms with Crippen molar-refractivity contribution in [1.29, 1.82) is 0 Å². The standard InChI is InChI=1S/C15H30N2/c1-3-11-16-13-9-10-15(12-13)17(4-2)14-7-5-6-8-14/h13-16H,3-12H2,1-2H3. The van der Waals surface area contributed by atoms with Crippen molar-refractivity contribution in [3.05, 3.63) is 0 Å². The van der Waals surface area contributed by atoms with Crippen molar-refractivity contribution in [1.82, 2.24) is 10.2 Å². The van der Waals surface area contributed by atoms with E-state index in [1.165, 1.54) is 64.5 Å². The maximum Gasteiger partial charge on any atom is 0.0113 e. The maximum atomic E-state index is 3.70. The molecule has 0 aromatic heterocycles. The zero-order chi connectivity index (χ0) is 12.1. The maximum absolute atomic E-state index is 3.70. The van der Waals surface area contributed by atoms with E-state index >= 15 is 0 Å². The predicted octanol–water partition coefficient (Wildman–Crippen LogP) is 3.17. The third kappa shape index (κ3) is 3.45. The number of hydrogen-bond acceptors (Lipinski definition) is 2. The van der Waals surface area contributed by atoms with Gasteiger partial charge in [0.1, 0.15) is 0 Å². The lowest BCUT2D eigenvalue weighted by Crippen LogP contribution is -2.41. The highest BCUT2D eigenvalue weighted by Gasteiger charge is 2.32. The normalized spacial score (nSPS) is 30.5. The fourth-order valence-corrected chi connectivity index (χ4v) is 3.84. The van der Waals surface area contributed by atoms with Crippen LogP contribution >= 0.6 is 0 Å². The second kappa shape index (κ2) is 6.75. The molecule has 2 aliphatic carbocycles. The van der Waals surface area contributed by atoms with E-state index in [-0.39, 0.29) is 0 Å². The molecular weight excluding hydrogens is 208 g/mol. The minimum atomic E-state index is 0.801. The minimum Gasteiger partial charge on any atom is -0.314 e. The van der Waals surface area contributed by atoms with Gasteiger partial charge >= 0.3 is 0 Å². The lowest BCUT2D eigenvalue weighted by Gasteiger charge is -2.33. The molecule has 0 saturated heterocycles. The Bertz CT molecular complexity index is 211. The van der Waals surface area contributed by atoms with Crippen molar-refractivity contribution in [2.75, 3.05) is 13.1 Å². The molecule has 0 amide bonds. The summed E-state index contributed by atoms with van der Waals surface area (Å²) in [5.74, 6) is 0. The number of hydrogen-bond donors (Lipinski definition) is 1. The Balaban J connectivity index is 1.80. The zero-order valence-corrected chi connectivity index (χ0v) is 11.8. The van der Waals surface area contributed by atoms with Crippen LogP contribution in [0.4, 0.5) is 0 Å². The van der Waals surface area contributed by atoms with Crippen LogP contribution in [0.1, 0.15) is 65.2 Å². The van der Waals surface area contributed by atoms with E-state index in [1.54, 1.807) is 0 Å². The molecule has 0 aromatic carbocycles. The van der Waals surface area contributed by atoms with E-state index in [1.807, 2.05) is 0 Å². The Labute approximate surface area is 107 Å². The number of rotatable bonds is 6. The highest BCUT2D eigenvalue weighted by atomic mass is 15.2. The molecule has 0 bridgehead atoms. The molecule has 2 heteroatoms. The molecule has 2 unspecified atom stereocenters. The first-order valence-electron chi connectivity index (χ1n) is 7.84. The second-order valence-electron chi connectivity index (χ2n) is 5.89. The molecule has 100 valence electrons. The Hall–Kier alpha value is -0.0800. The van der Waals surface area contributed by atoms with Crippen LogP contribution in [-0.2, 0) is 0 Å². The fourth-order valence-electron chi connectivity index (χ4n) is 3.84. The fraction of sp³-hybridized carbons (Fsp3) is 1.00. The third-order valence-electron chi connectivity index (χ3n) is 4.72.